The van der Waals surface area contributed by atoms with Crippen molar-refractivity contribution in [2.24, 2.45) is 16.2 Å². The smallest absolute Gasteiger partial charge is 0.257 e. The average molecular weight is 480 g/mol. The highest BCUT2D eigenvalue weighted by atomic mass is 16.5. The molecule has 0 N–H and O–H groups in total. The molecule has 1 unspecified atom stereocenters. The molecule has 0 aromatic carbocycles. The standard InChI is InChI=1S/C28H49NO5/c1-19(33-18-15-28(11,12)34-17-14-20(30)25(2,3)4)13-16-29-23(31)21(26(5,6)7)22(24(29)32)27(8,9)10/h19H,13-18H2,1-12H3. The molecule has 0 aromatic heterocycles. The van der Waals surface area contributed by atoms with Crippen LogP contribution in [0.3, 0.4) is 0 Å². The van der Waals surface area contributed by atoms with Crippen molar-refractivity contribution < 1.29 is 23.9 Å². The van der Waals surface area contributed by atoms with Gasteiger partial charge in [0.15, 0.2) is 0 Å². The fourth-order valence-electron chi connectivity index (χ4n) is 3.94. The maximum absolute atomic E-state index is 13.2. The molecule has 1 atom stereocenters. The fraction of sp³-hybridized carbons (Fsp3) is 0.821. The molecule has 0 saturated carbocycles. The second-order valence-electron chi connectivity index (χ2n) is 13.3. The van der Waals surface area contributed by atoms with Gasteiger partial charge in [-0.05, 0) is 44.4 Å². The Morgan fingerprint density at radius 2 is 1.29 bits per heavy atom. The molecule has 34 heavy (non-hydrogen) atoms. The van der Waals surface area contributed by atoms with Gasteiger partial charge in [0.25, 0.3) is 11.8 Å². The fourth-order valence-corrected chi connectivity index (χ4v) is 3.94. The molecule has 1 heterocycles. The van der Waals surface area contributed by atoms with Gasteiger partial charge in [0.05, 0.1) is 18.3 Å². The number of nitrogens with zero attached hydrogens (tertiary/aromatic N) is 1. The molecule has 196 valence electrons. The second kappa shape index (κ2) is 11.0. The molecular formula is C28H49NO5. The van der Waals surface area contributed by atoms with E-state index >= 15 is 0 Å². The molecule has 0 bridgehead atoms. The van der Waals surface area contributed by atoms with Crippen LogP contribution in [0.25, 0.3) is 0 Å². The summed E-state index contributed by atoms with van der Waals surface area (Å²) in [6.07, 6.45) is 1.57. The molecule has 0 radical (unpaired) electrons. The zero-order chi connectivity index (χ0) is 26.7. The first-order chi connectivity index (χ1) is 15.2. The van der Waals surface area contributed by atoms with E-state index in [1.54, 1.807) is 0 Å². The van der Waals surface area contributed by atoms with Crippen molar-refractivity contribution in [3.8, 4) is 0 Å². The van der Waals surface area contributed by atoms with Crippen LogP contribution in [0.1, 0.15) is 102 Å². The molecule has 0 aromatic rings. The van der Waals surface area contributed by atoms with Crippen LogP contribution in [-0.2, 0) is 23.9 Å². The van der Waals surface area contributed by atoms with Crippen LogP contribution in [0.4, 0.5) is 0 Å². The van der Waals surface area contributed by atoms with Gasteiger partial charge in [0.1, 0.15) is 5.78 Å². The Morgan fingerprint density at radius 3 is 1.71 bits per heavy atom. The summed E-state index contributed by atoms with van der Waals surface area (Å²) in [5.74, 6) is -0.152. The van der Waals surface area contributed by atoms with Gasteiger partial charge in [0.2, 0.25) is 0 Å². The number of hydrogen-bond donors (Lipinski definition) is 0. The third kappa shape index (κ3) is 8.60. The van der Waals surface area contributed by atoms with Crippen LogP contribution in [-0.4, -0.2) is 54.0 Å². The SMILES string of the molecule is CC(CCN1C(=O)C(C(C)(C)C)=C(C(C)(C)C)C1=O)OCCC(C)(C)OCCC(=O)C(C)(C)C. The van der Waals surface area contributed by atoms with Crippen LogP contribution in [0.15, 0.2) is 11.1 Å². The quantitative estimate of drug-likeness (QED) is 0.354. The molecular weight excluding hydrogens is 430 g/mol. The lowest BCUT2D eigenvalue weighted by Gasteiger charge is -2.27. The number of Topliss-reactive ketones (excluding diaryl/α,β-unsaturated/α-hetero) is 1. The van der Waals surface area contributed by atoms with Gasteiger partial charge in [-0.2, -0.15) is 0 Å². The van der Waals surface area contributed by atoms with Gasteiger partial charge >= 0.3 is 0 Å². The van der Waals surface area contributed by atoms with Crippen molar-refractivity contribution in [3.05, 3.63) is 11.1 Å². The summed E-state index contributed by atoms with van der Waals surface area (Å²) >= 11 is 0. The Bertz CT molecular complexity index is 751. The van der Waals surface area contributed by atoms with E-state index in [-0.39, 0.29) is 29.1 Å². The topological polar surface area (TPSA) is 72.9 Å². The maximum Gasteiger partial charge on any atom is 0.257 e. The van der Waals surface area contributed by atoms with Crippen molar-refractivity contribution in [1.29, 1.82) is 0 Å². The van der Waals surface area contributed by atoms with Gasteiger partial charge in [-0.1, -0.05) is 62.3 Å². The maximum atomic E-state index is 13.2. The van der Waals surface area contributed by atoms with E-state index in [9.17, 15) is 14.4 Å². The first-order valence-corrected chi connectivity index (χ1v) is 12.6. The third-order valence-corrected chi connectivity index (χ3v) is 6.19. The van der Waals surface area contributed by atoms with Gasteiger partial charge in [-0.15, -0.1) is 0 Å². The Morgan fingerprint density at radius 1 is 0.824 bits per heavy atom. The van der Waals surface area contributed by atoms with E-state index in [0.29, 0.717) is 50.2 Å². The minimum atomic E-state index is -0.397. The molecule has 6 heteroatoms. The predicted octanol–water partition coefficient (Wildman–Crippen LogP) is 5.73. The number of amides is 2. The summed E-state index contributed by atoms with van der Waals surface area (Å²) in [7, 11) is 0. The molecule has 0 saturated heterocycles. The average Bonchev–Trinajstić information content (AvgIpc) is 2.89. The lowest BCUT2D eigenvalue weighted by molar-refractivity contribution is -0.138. The van der Waals surface area contributed by atoms with Crippen LogP contribution in [0.2, 0.25) is 0 Å². The van der Waals surface area contributed by atoms with Crippen LogP contribution >= 0.6 is 0 Å². The highest BCUT2D eigenvalue weighted by Gasteiger charge is 2.46. The summed E-state index contributed by atoms with van der Waals surface area (Å²) in [6, 6.07) is 0. The lowest BCUT2D eigenvalue weighted by atomic mass is 9.76. The zero-order valence-electron chi connectivity index (χ0n) is 23.8. The summed E-state index contributed by atoms with van der Waals surface area (Å²) in [5.41, 5.74) is -0.276. The lowest BCUT2D eigenvalue weighted by Crippen LogP contribution is -2.36. The first-order valence-electron chi connectivity index (χ1n) is 12.6. The largest absolute Gasteiger partial charge is 0.378 e. The molecule has 1 rings (SSSR count). The minimum Gasteiger partial charge on any atom is -0.378 e. The van der Waals surface area contributed by atoms with E-state index in [1.807, 2.05) is 83.1 Å². The normalized spacial score (nSPS) is 17.1. The molecule has 0 spiro atoms. The van der Waals surface area contributed by atoms with E-state index in [2.05, 4.69) is 0 Å². The van der Waals surface area contributed by atoms with Crippen molar-refractivity contribution in [1.82, 2.24) is 4.90 Å². The second-order valence-corrected chi connectivity index (χ2v) is 13.3. The van der Waals surface area contributed by atoms with Gasteiger partial charge in [-0.3, -0.25) is 19.3 Å². The zero-order valence-corrected chi connectivity index (χ0v) is 23.8. The van der Waals surface area contributed by atoms with Gasteiger partial charge < -0.3 is 9.47 Å². The van der Waals surface area contributed by atoms with Gasteiger partial charge in [-0.25, -0.2) is 0 Å². The number of hydrogen-bond acceptors (Lipinski definition) is 5. The van der Waals surface area contributed by atoms with Crippen LogP contribution in [0, 0.1) is 16.2 Å². The molecule has 0 fully saturated rings. The number of ketones is 1. The number of ether oxygens (including phenoxy) is 2. The van der Waals surface area contributed by atoms with Crippen molar-refractivity contribution >= 4 is 17.6 Å². The van der Waals surface area contributed by atoms with Crippen LogP contribution < -0.4 is 0 Å². The number of imide groups is 1. The first kappa shape index (κ1) is 30.5. The van der Waals surface area contributed by atoms with E-state index in [4.69, 9.17) is 9.47 Å². The van der Waals surface area contributed by atoms with E-state index < -0.39 is 16.4 Å². The molecule has 6 nitrogen and oxygen atoms in total. The molecule has 1 aliphatic rings. The Labute approximate surface area is 207 Å². The third-order valence-electron chi connectivity index (χ3n) is 6.19. The Hall–Kier alpha value is -1.53. The number of rotatable bonds is 11. The van der Waals surface area contributed by atoms with Crippen molar-refractivity contribution in [2.75, 3.05) is 19.8 Å². The Balaban J connectivity index is 2.56. The van der Waals surface area contributed by atoms with E-state index in [1.165, 1.54) is 4.90 Å². The summed E-state index contributed by atoms with van der Waals surface area (Å²) in [6.45, 7) is 24.9. The molecule has 2 amide bonds. The molecule has 0 aliphatic carbocycles. The summed E-state index contributed by atoms with van der Waals surface area (Å²) < 4.78 is 11.9. The highest BCUT2D eigenvalue weighted by molar-refractivity contribution is 6.20. The van der Waals surface area contributed by atoms with Crippen LogP contribution in [0.5, 0.6) is 0 Å². The Kier molecular flexibility index (Phi) is 9.89. The van der Waals surface area contributed by atoms with Crippen molar-refractivity contribution in [2.45, 2.75) is 114 Å². The number of carbonyl (C=O) groups is 3. The number of carbonyl (C=O) groups excluding carboxylic acids is 3. The predicted molar refractivity (Wildman–Crippen MR) is 136 cm³/mol. The van der Waals surface area contributed by atoms with Crippen molar-refractivity contribution in [3.63, 3.8) is 0 Å². The molecule has 1 aliphatic heterocycles. The van der Waals surface area contributed by atoms with E-state index in [0.717, 1.165) is 0 Å². The highest BCUT2D eigenvalue weighted by Crippen LogP contribution is 2.42. The summed E-state index contributed by atoms with van der Waals surface area (Å²) in [5, 5.41) is 0. The van der Waals surface area contributed by atoms with Gasteiger partial charge in [0, 0.05) is 36.1 Å². The minimum absolute atomic E-state index is 0.101. The summed E-state index contributed by atoms with van der Waals surface area (Å²) in [4.78, 5) is 39.8. The monoisotopic (exact) mass is 479 g/mol.